The molecule has 1 aromatic carbocycles. The molecular formula is C42H64N4O9. The van der Waals surface area contributed by atoms with E-state index in [4.69, 9.17) is 23.7 Å². The lowest BCUT2D eigenvalue weighted by atomic mass is 9.76. The van der Waals surface area contributed by atoms with Gasteiger partial charge < -0.3 is 28.6 Å². The average Bonchev–Trinajstić information content (AvgIpc) is 3.16. The Morgan fingerprint density at radius 2 is 1.73 bits per heavy atom. The number of ether oxygens (including phenoxy) is 5. The molecule has 55 heavy (non-hydrogen) atoms. The van der Waals surface area contributed by atoms with Crippen LogP contribution in [0.1, 0.15) is 92.6 Å². The van der Waals surface area contributed by atoms with Crippen molar-refractivity contribution in [1.82, 2.24) is 20.7 Å². The van der Waals surface area contributed by atoms with Crippen LogP contribution in [-0.2, 0) is 44.5 Å². The van der Waals surface area contributed by atoms with Crippen LogP contribution in [0.25, 0.3) is 10.9 Å². The number of hydrogen-bond donors (Lipinski definition) is 2. The summed E-state index contributed by atoms with van der Waals surface area (Å²) in [5.41, 5.74) is 6.51. The summed E-state index contributed by atoms with van der Waals surface area (Å²) in [5.74, 6) is -4.24. The minimum absolute atomic E-state index is 0.0707. The van der Waals surface area contributed by atoms with Gasteiger partial charge in [0.1, 0.15) is 23.9 Å². The quantitative estimate of drug-likeness (QED) is 0.123. The molecule has 3 heterocycles. The first kappa shape index (κ1) is 44.2. The second-order valence-electron chi connectivity index (χ2n) is 16.1. The third-order valence-corrected chi connectivity index (χ3v) is 11.5. The number of hydrazine groups is 1. The highest BCUT2D eigenvalue weighted by Gasteiger charge is 2.48. The van der Waals surface area contributed by atoms with E-state index < -0.39 is 65.9 Å². The number of rotatable bonds is 11. The summed E-state index contributed by atoms with van der Waals surface area (Å²) >= 11 is 0. The fourth-order valence-corrected chi connectivity index (χ4v) is 8.16. The van der Waals surface area contributed by atoms with E-state index in [1.807, 2.05) is 65.2 Å². The maximum absolute atomic E-state index is 14.1. The number of carbonyl (C=O) groups is 4. The van der Waals surface area contributed by atoms with Gasteiger partial charge >= 0.3 is 12.1 Å². The summed E-state index contributed by atoms with van der Waals surface area (Å²) in [4.78, 5) is 61.5. The number of nitrogens with zero attached hydrogens (tertiary/aromatic N) is 2. The monoisotopic (exact) mass is 768 g/mol. The largest absolute Gasteiger partial charge is 0.458 e. The van der Waals surface area contributed by atoms with E-state index in [1.54, 1.807) is 34.1 Å². The number of aryl methyl sites for hydroxylation is 1. The van der Waals surface area contributed by atoms with Crippen molar-refractivity contribution in [2.75, 3.05) is 27.7 Å². The van der Waals surface area contributed by atoms with Crippen molar-refractivity contribution in [3.63, 3.8) is 0 Å². The number of nitrogens with one attached hydrogen (secondary N) is 2. The van der Waals surface area contributed by atoms with Gasteiger partial charge in [-0.05, 0) is 91.1 Å². The Morgan fingerprint density at radius 1 is 1.00 bits per heavy atom. The second kappa shape index (κ2) is 20.1. The molecule has 2 aliphatic heterocycles. The summed E-state index contributed by atoms with van der Waals surface area (Å²) < 4.78 is 30.9. The average molecular weight is 769 g/mol. The van der Waals surface area contributed by atoms with E-state index in [1.165, 1.54) is 6.92 Å². The van der Waals surface area contributed by atoms with Gasteiger partial charge in [0.25, 0.3) is 0 Å². The van der Waals surface area contributed by atoms with Crippen LogP contribution in [0.15, 0.2) is 36.5 Å². The highest BCUT2D eigenvalue weighted by Crippen LogP contribution is 2.37. The zero-order valence-corrected chi connectivity index (χ0v) is 34.5. The number of cyclic esters (lactones) is 1. The number of hydrogen-bond acceptors (Lipinski definition) is 12. The van der Waals surface area contributed by atoms with E-state index in [2.05, 4.69) is 20.7 Å². The highest BCUT2D eigenvalue weighted by atomic mass is 16.7. The van der Waals surface area contributed by atoms with Gasteiger partial charge in [-0.1, -0.05) is 45.9 Å². The highest BCUT2D eigenvalue weighted by molar-refractivity contribution is 6.00. The first-order valence-corrected chi connectivity index (χ1v) is 19.9. The summed E-state index contributed by atoms with van der Waals surface area (Å²) in [6, 6.07) is 10.2. The van der Waals surface area contributed by atoms with Gasteiger partial charge in [0.05, 0.1) is 23.3 Å². The molecule has 0 bridgehead atoms. The summed E-state index contributed by atoms with van der Waals surface area (Å²) in [6.07, 6.45) is 1.23. The Balaban J connectivity index is 1.48. The number of pyridine rings is 1. The fraction of sp³-hybridized carbons (Fsp3) is 0.690. The van der Waals surface area contributed by atoms with Crippen molar-refractivity contribution in [2.45, 2.75) is 136 Å². The molecule has 2 N–H and O–H groups in total. The Morgan fingerprint density at radius 3 is 2.42 bits per heavy atom. The number of Topliss-reactive ketones (excluding diaryl/α,β-unsaturated/α-hetero) is 2. The van der Waals surface area contributed by atoms with Crippen LogP contribution in [-0.4, -0.2) is 104 Å². The predicted molar refractivity (Wildman–Crippen MR) is 209 cm³/mol. The second-order valence-corrected chi connectivity index (χ2v) is 16.1. The van der Waals surface area contributed by atoms with E-state index in [0.29, 0.717) is 19.4 Å². The lowest BCUT2D eigenvalue weighted by molar-refractivity contribution is -0.262. The van der Waals surface area contributed by atoms with Crippen molar-refractivity contribution in [2.24, 2.45) is 23.7 Å². The molecular weight excluding hydrogens is 704 g/mol. The van der Waals surface area contributed by atoms with Crippen LogP contribution in [0.3, 0.4) is 0 Å². The number of esters is 1. The van der Waals surface area contributed by atoms with Gasteiger partial charge in [-0.15, -0.1) is 0 Å². The summed E-state index contributed by atoms with van der Waals surface area (Å²) in [6.45, 7) is 13.0. The molecule has 13 heteroatoms. The molecule has 1 amide bonds. The van der Waals surface area contributed by atoms with E-state index in [0.717, 1.165) is 35.7 Å². The van der Waals surface area contributed by atoms with Gasteiger partial charge in [0, 0.05) is 55.5 Å². The van der Waals surface area contributed by atoms with Crippen LogP contribution >= 0.6 is 0 Å². The predicted octanol–water partition coefficient (Wildman–Crippen LogP) is 5.81. The first-order valence-electron chi connectivity index (χ1n) is 19.9. The topological polar surface area (TPSA) is 155 Å². The molecule has 2 fully saturated rings. The SMILES string of the molecule is CCC1OC(=O)C(C)C(=O)C(C)[C@@H](OC2CC(N(C)C)CC(C)O2)[C@@](C)(OC)C[C@@H](C)C(=O)[C@H](C)CC1OC(=O)NNCCCc1ccnc2ccccc12. The van der Waals surface area contributed by atoms with Crippen molar-refractivity contribution in [3.8, 4) is 0 Å². The third-order valence-electron chi connectivity index (χ3n) is 11.5. The maximum Gasteiger partial charge on any atom is 0.422 e. The number of carbonyl (C=O) groups excluding carboxylic acids is 4. The standard InChI is InChI=1S/C42H64N4O9/c1-11-34-35(54-41(50)45-44-19-14-15-30-18-20-43-33-17-13-12-16-32(30)33)21-25(2)37(47)26(3)24-42(7,51-10)39(28(5)38(48)29(6)40(49)53-34)55-36-23-31(46(8)9)22-27(4)52-36/h12-13,16-18,20,25-29,31,34-36,39,44H,11,14-15,19,21-24H2,1-10H3,(H,45,50)/t25-,26-,27?,28?,29?,31?,34?,35?,36?,39-,42+/m1/s1. The van der Waals surface area contributed by atoms with Crippen LogP contribution in [0.4, 0.5) is 4.79 Å². The summed E-state index contributed by atoms with van der Waals surface area (Å²) in [5, 5.41) is 1.09. The minimum Gasteiger partial charge on any atom is -0.458 e. The molecule has 2 aliphatic rings. The van der Waals surface area contributed by atoms with Gasteiger partial charge in [-0.25, -0.2) is 10.2 Å². The van der Waals surface area contributed by atoms with Crippen LogP contribution in [0, 0.1) is 23.7 Å². The molecule has 2 saturated heterocycles. The van der Waals surface area contributed by atoms with Crippen molar-refractivity contribution < 1.29 is 42.9 Å². The zero-order valence-electron chi connectivity index (χ0n) is 34.5. The van der Waals surface area contributed by atoms with Crippen molar-refractivity contribution in [3.05, 3.63) is 42.1 Å². The Kier molecular flexibility index (Phi) is 16.2. The lowest BCUT2D eigenvalue weighted by Crippen LogP contribution is -2.55. The number of benzene rings is 1. The molecule has 7 unspecified atom stereocenters. The molecule has 1 aromatic heterocycles. The van der Waals surface area contributed by atoms with Gasteiger partial charge in [0.2, 0.25) is 0 Å². The molecule has 0 aliphatic carbocycles. The number of fused-ring (bicyclic) bond motifs is 1. The fourth-order valence-electron chi connectivity index (χ4n) is 8.16. The number of para-hydroxylation sites is 1. The molecule has 306 valence electrons. The van der Waals surface area contributed by atoms with Gasteiger partial charge in [-0.3, -0.25) is 24.8 Å². The van der Waals surface area contributed by atoms with E-state index >= 15 is 0 Å². The van der Waals surface area contributed by atoms with Crippen molar-refractivity contribution >= 4 is 34.5 Å². The van der Waals surface area contributed by atoms with Crippen LogP contribution in [0.5, 0.6) is 0 Å². The van der Waals surface area contributed by atoms with Gasteiger partial charge in [-0.2, -0.15) is 0 Å². The third kappa shape index (κ3) is 11.5. The number of methoxy groups -OCH3 is 1. The summed E-state index contributed by atoms with van der Waals surface area (Å²) in [7, 11) is 5.58. The number of aromatic nitrogens is 1. The lowest BCUT2D eigenvalue weighted by Gasteiger charge is -2.45. The molecule has 0 spiro atoms. The smallest absolute Gasteiger partial charge is 0.422 e. The Hall–Kier alpha value is -3.49. The molecule has 2 aromatic rings. The Labute approximate surface area is 326 Å². The van der Waals surface area contributed by atoms with E-state index in [-0.39, 0.29) is 36.6 Å². The maximum atomic E-state index is 14.1. The Bertz CT molecular complexity index is 1600. The molecule has 11 atom stereocenters. The zero-order chi connectivity index (χ0) is 40.4. The molecule has 0 radical (unpaired) electrons. The first-order chi connectivity index (χ1) is 26.1. The minimum atomic E-state index is -1.15. The number of ketones is 2. The number of amides is 1. The van der Waals surface area contributed by atoms with Crippen molar-refractivity contribution in [1.29, 1.82) is 0 Å². The van der Waals surface area contributed by atoms with Gasteiger partial charge in [0.15, 0.2) is 12.1 Å². The van der Waals surface area contributed by atoms with E-state index in [9.17, 15) is 19.2 Å². The molecule has 4 rings (SSSR count). The van der Waals surface area contributed by atoms with Crippen LogP contribution < -0.4 is 10.9 Å². The molecule has 0 saturated carbocycles. The van der Waals surface area contributed by atoms with Crippen LogP contribution in [0.2, 0.25) is 0 Å². The molecule has 13 nitrogen and oxygen atoms in total. The normalized spacial score (nSPS) is 32.9.